The van der Waals surface area contributed by atoms with Gasteiger partial charge in [-0.2, -0.15) is 13.2 Å². The SMILES string of the molecule is FC(F)(F)C1CC2(CCC2)C1. The highest BCUT2D eigenvalue weighted by Gasteiger charge is 2.57. The number of rotatable bonds is 0. The van der Waals surface area contributed by atoms with Crippen LogP contribution in [0, 0.1) is 11.3 Å². The Hall–Kier alpha value is -0.210. The average molecular weight is 164 g/mol. The first kappa shape index (κ1) is 7.44. The maximum absolute atomic E-state index is 12.0. The minimum atomic E-state index is -3.92. The van der Waals surface area contributed by atoms with Gasteiger partial charge in [0.05, 0.1) is 5.92 Å². The summed E-state index contributed by atoms with van der Waals surface area (Å²) >= 11 is 0. The molecule has 3 heteroatoms. The minimum Gasteiger partial charge on any atom is -0.171 e. The van der Waals surface area contributed by atoms with Crippen molar-refractivity contribution in [2.75, 3.05) is 0 Å². The average Bonchev–Trinajstić information content (AvgIpc) is 1.49. The molecule has 2 saturated carbocycles. The summed E-state index contributed by atoms with van der Waals surface area (Å²) in [5, 5.41) is 0. The van der Waals surface area contributed by atoms with E-state index in [1.807, 2.05) is 0 Å². The van der Waals surface area contributed by atoms with E-state index >= 15 is 0 Å². The number of alkyl halides is 3. The summed E-state index contributed by atoms with van der Waals surface area (Å²) in [5.41, 5.74) is 0.153. The standard InChI is InChI=1S/C8H11F3/c9-8(10,11)6-4-7(5-6)2-1-3-7/h6H,1-5H2. The molecule has 0 N–H and O–H groups in total. The third-order valence-corrected chi connectivity index (χ3v) is 3.24. The highest BCUT2D eigenvalue weighted by atomic mass is 19.4. The Kier molecular flexibility index (Phi) is 1.31. The summed E-state index contributed by atoms with van der Waals surface area (Å²) in [6, 6.07) is 0. The molecule has 0 radical (unpaired) electrons. The maximum Gasteiger partial charge on any atom is 0.391 e. The number of halogens is 3. The Labute approximate surface area is 63.8 Å². The number of hydrogen-bond acceptors (Lipinski definition) is 0. The van der Waals surface area contributed by atoms with Crippen LogP contribution in [0.4, 0.5) is 13.2 Å². The molecule has 2 rings (SSSR count). The Morgan fingerprint density at radius 1 is 1.09 bits per heavy atom. The van der Waals surface area contributed by atoms with Crippen molar-refractivity contribution >= 4 is 0 Å². The van der Waals surface area contributed by atoms with E-state index in [-0.39, 0.29) is 5.41 Å². The third-order valence-electron chi connectivity index (χ3n) is 3.24. The van der Waals surface area contributed by atoms with Crippen molar-refractivity contribution in [3.05, 3.63) is 0 Å². The molecule has 0 heterocycles. The second kappa shape index (κ2) is 1.93. The van der Waals surface area contributed by atoms with Crippen LogP contribution in [0.2, 0.25) is 0 Å². The molecule has 2 aliphatic carbocycles. The van der Waals surface area contributed by atoms with Gasteiger partial charge >= 0.3 is 6.18 Å². The van der Waals surface area contributed by atoms with E-state index in [4.69, 9.17) is 0 Å². The van der Waals surface area contributed by atoms with Gasteiger partial charge in [-0.25, -0.2) is 0 Å². The van der Waals surface area contributed by atoms with Crippen LogP contribution in [-0.2, 0) is 0 Å². The predicted octanol–water partition coefficient (Wildman–Crippen LogP) is 3.13. The zero-order valence-corrected chi connectivity index (χ0v) is 6.25. The molecular formula is C8H11F3. The Morgan fingerprint density at radius 2 is 1.64 bits per heavy atom. The molecule has 1 spiro atoms. The van der Waals surface area contributed by atoms with Crippen molar-refractivity contribution < 1.29 is 13.2 Å². The molecule has 11 heavy (non-hydrogen) atoms. The van der Waals surface area contributed by atoms with Gasteiger partial charge in [-0.3, -0.25) is 0 Å². The number of hydrogen-bond donors (Lipinski definition) is 0. The first-order chi connectivity index (χ1) is 5.02. The van der Waals surface area contributed by atoms with Gasteiger partial charge in [-0.15, -0.1) is 0 Å². The van der Waals surface area contributed by atoms with Crippen LogP contribution in [0.5, 0.6) is 0 Å². The lowest BCUT2D eigenvalue weighted by atomic mass is 9.52. The molecule has 0 nitrogen and oxygen atoms in total. The molecule has 0 aromatic rings. The molecule has 64 valence electrons. The summed E-state index contributed by atoms with van der Waals surface area (Å²) in [5.74, 6) is -0.970. The van der Waals surface area contributed by atoms with Crippen LogP contribution < -0.4 is 0 Å². The smallest absolute Gasteiger partial charge is 0.171 e. The van der Waals surface area contributed by atoms with E-state index in [0.717, 1.165) is 19.3 Å². The van der Waals surface area contributed by atoms with Crippen molar-refractivity contribution in [1.82, 2.24) is 0 Å². The van der Waals surface area contributed by atoms with Crippen molar-refractivity contribution in [1.29, 1.82) is 0 Å². The zero-order valence-electron chi connectivity index (χ0n) is 6.25. The van der Waals surface area contributed by atoms with Crippen LogP contribution >= 0.6 is 0 Å². The van der Waals surface area contributed by atoms with E-state index in [1.54, 1.807) is 0 Å². The van der Waals surface area contributed by atoms with Crippen molar-refractivity contribution in [3.8, 4) is 0 Å². The summed E-state index contributed by atoms with van der Waals surface area (Å²) in [4.78, 5) is 0. The maximum atomic E-state index is 12.0. The van der Waals surface area contributed by atoms with Gasteiger partial charge in [0.25, 0.3) is 0 Å². The van der Waals surface area contributed by atoms with Crippen LogP contribution in [0.15, 0.2) is 0 Å². The molecule has 0 amide bonds. The highest BCUT2D eigenvalue weighted by molar-refractivity contribution is 5.00. The Bertz CT molecular complexity index is 159. The molecule has 0 aromatic heterocycles. The lowest BCUT2D eigenvalue weighted by molar-refractivity contribution is -0.233. The monoisotopic (exact) mass is 164 g/mol. The normalized spacial score (nSPS) is 29.7. The second-order valence-corrected chi connectivity index (χ2v) is 4.00. The lowest BCUT2D eigenvalue weighted by Gasteiger charge is -2.54. The van der Waals surface area contributed by atoms with E-state index in [2.05, 4.69) is 0 Å². The summed E-state index contributed by atoms with van der Waals surface area (Å²) in [7, 11) is 0. The molecule has 0 unspecified atom stereocenters. The van der Waals surface area contributed by atoms with Gasteiger partial charge in [0, 0.05) is 0 Å². The molecule has 2 fully saturated rings. The third kappa shape index (κ3) is 1.05. The van der Waals surface area contributed by atoms with Crippen molar-refractivity contribution in [3.63, 3.8) is 0 Å². The predicted molar refractivity (Wildman–Crippen MR) is 35.1 cm³/mol. The molecule has 0 saturated heterocycles. The molecular weight excluding hydrogens is 153 g/mol. The van der Waals surface area contributed by atoms with Gasteiger partial charge in [-0.1, -0.05) is 6.42 Å². The van der Waals surface area contributed by atoms with E-state index in [1.165, 1.54) is 0 Å². The Morgan fingerprint density at radius 3 is 1.91 bits per heavy atom. The fourth-order valence-electron chi connectivity index (χ4n) is 2.30. The van der Waals surface area contributed by atoms with Crippen LogP contribution in [0.3, 0.4) is 0 Å². The minimum absolute atomic E-state index is 0.153. The molecule has 0 bridgehead atoms. The Balaban J connectivity index is 1.88. The largest absolute Gasteiger partial charge is 0.391 e. The van der Waals surface area contributed by atoms with E-state index in [0.29, 0.717) is 12.8 Å². The highest BCUT2D eigenvalue weighted by Crippen LogP contribution is 2.62. The van der Waals surface area contributed by atoms with Crippen molar-refractivity contribution in [2.24, 2.45) is 11.3 Å². The van der Waals surface area contributed by atoms with Crippen LogP contribution in [0.25, 0.3) is 0 Å². The fraction of sp³-hybridized carbons (Fsp3) is 1.00. The summed E-state index contributed by atoms with van der Waals surface area (Å²) in [6.45, 7) is 0. The van der Waals surface area contributed by atoms with Crippen LogP contribution in [-0.4, -0.2) is 6.18 Å². The fourth-order valence-corrected chi connectivity index (χ4v) is 2.30. The van der Waals surface area contributed by atoms with E-state index in [9.17, 15) is 13.2 Å². The van der Waals surface area contributed by atoms with Crippen molar-refractivity contribution in [2.45, 2.75) is 38.3 Å². The van der Waals surface area contributed by atoms with Gasteiger partial charge in [-0.05, 0) is 31.1 Å². The lowest BCUT2D eigenvalue weighted by Crippen LogP contribution is -2.48. The molecule has 2 aliphatic rings. The first-order valence-corrected chi connectivity index (χ1v) is 4.09. The molecule has 0 aromatic carbocycles. The topological polar surface area (TPSA) is 0 Å². The second-order valence-electron chi connectivity index (χ2n) is 4.00. The zero-order chi connectivity index (χ0) is 8.11. The van der Waals surface area contributed by atoms with E-state index < -0.39 is 12.1 Å². The summed E-state index contributed by atoms with van der Waals surface area (Å²) < 4.78 is 36.0. The van der Waals surface area contributed by atoms with Gasteiger partial charge in [0.2, 0.25) is 0 Å². The first-order valence-electron chi connectivity index (χ1n) is 4.09. The van der Waals surface area contributed by atoms with Gasteiger partial charge < -0.3 is 0 Å². The van der Waals surface area contributed by atoms with Gasteiger partial charge in [0.1, 0.15) is 0 Å². The molecule has 0 atom stereocenters. The summed E-state index contributed by atoms with van der Waals surface area (Å²) in [6.07, 6.45) is 0.136. The molecule has 0 aliphatic heterocycles. The van der Waals surface area contributed by atoms with Gasteiger partial charge in [0.15, 0.2) is 0 Å². The van der Waals surface area contributed by atoms with Crippen LogP contribution in [0.1, 0.15) is 32.1 Å². The quantitative estimate of drug-likeness (QED) is 0.516.